The molecule has 1 atom stereocenters. The summed E-state index contributed by atoms with van der Waals surface area (Å²) in [5.74, 6) is -0.559. The Labute approximate surface area is 137 Å². The number of carbonyl (C=O) groups excluding carboxylic acids is 1. The first-order valence-corrected chi connectivity index (χ1v) is 9.05. The van der Waals surface area contributed by atoms with Gasteiger partial charge in [0.05, 0.1) is 27.1 Å². The summed E-state index contributed by atoms with van der Waals surface area (Å²) < 4.78 is 27.9. The average Bonchev–Trinajstić information content (AvgIpc) is 2.37. The molecule has 0 saturated carbocycles. The van der Waals surface area contributed by atoms with Crippen molar-refractivity contribution in [2.45, 2.75) is 24.8 Å². The maximum absolute atomic E-state index is 12.1. The van der Waals surface area contributed by atoms with E-state index >= 15 is 0 Å². The van der Waals surface area contributed by atoms with Gasteiger partial charge in [-0.15, -0.1) is 0 Å². The van der Waals surface area contributed by atoms with Crippen molar-refractivity contribution in [1.82, 2.24) is 5.32 Å². The molecular weight excluding hydrogens is 361 g/mol. The van der Waals surface area contributed by atoms with Crippen LogP contribution < -0.4 is 5.32 Å². The number of halogens is 3. The molecule has 1 N–H and O–H groups in total. The SMILES string of the molecule is CCOCC(C)NC(=O)c1cc(S(=O)(=O)Cl)cc(Cl)c1Cl. The second-order valence-electron chi connectivity index (χ2n) is 4.24. The highest BCUT2D eigenvalue weighted by Crippen LogP contribution is 2.30. The quantitative estimate of drug-likeness (QED) is 0.777. The molecule has 0 radical (unpaired) electrons. The van der Waals surface area contributed by atoms with Gasteiger partial charge in [0.2, 0.25) is 0 Å². The Morgan fingerprint density at radius 1 is 1.38 bits per heavy atom. The van der Waals surface area contributed by atoms with E-state index in [1.165, 1.54) is 0 Å². The van der Waals surface area contributed by atoms with Gasteiger partial charge in [0, 0.05) is 23.3 Å². The normalized spacial score (nSPS) is 13.0. The van der Waals surface area contributed by atoms with E-state index in [2.05, 4.69) is 5.32 Å². The number of nitrogens with one attached hydrogen (secondary N) is 1. The van der Waals surface area contributed by atoms with Crippen molar-refractivity contribution in [2.75, 3.05) is 13.2 Å². The van der Waals surface area contributed by atoms with E-state index in [1.807, 2.05) is 6.92 Å². The molecule has 0 heterocycles. The van der Waals surface area contributed by atoms with Crippen LogP contribution in [0.15, 0.2) is 17.0 Å². The van der Waals surface area contributed by atoms with Gasteiger partial charge in [-0.25, -0.2) is 8.42 Å². The molecule has 1 unspecified atom stereocenters. The summed E-state index contributed by atoms with van der Waals surface area (Å²) >= 11 is 11.8. The smallest absolute Gasteiger partial charge is 0.261 e. The van der Waals surface area contributed by atoms with Gasteiger partial charge in [-0.1, -0.05) is 23.2 Å². The molecule has 1 aromatic carbocycles. The largest absolute Gasteiger partial charge is 0.380 e. The topological polar surface area (TPSA) is 72.5 Å². The molecule has 1 amide bonds. The molecule has 0 fully saturated rings. The van der Waals surface area contributed by atoms with Gasteiger partial charge in [0.15, 0.2) is 0 Å². The Bertz CT molecular complexity index is 634. The van der Waals surface area contributed by atoms with Crippen molar-refractivity contribution in [3.8, 4) is 0 Å². The van der Waals surface area contributed by atoms with Crippen molar-refractivity contribution in [2.24, 2.45) is 0 Å². The lowest BCUT2D eigenvalue weighted by Crippen LogP contribution is -2.36. The number of ether oxygens (including phenoxy) is 1. The molecule has 5 nitrogen and oxygen atoms in total. The summed E-state index contributed by atoms with van der Waals surface area (Å²) in [7, 11) is 1.24. The minimum atomic E-state index is -4.02. The lowest BCUT2D eigenvalue weighted by Gasteiger charge is -2.15. The lowest BCUT2D eigenvalue weighted by molar-refractivity contribution is 0.0872. The lowest BCUT2D eigenvalue weighted by atomic mass is 10.2. The minimum Gasteiger partial charge on any atom is -0.380 e. The maximum atomic E-state index is 12.1. The van der Waals surface area contributed by atoms with Gasteiger partial charge in [0.1, 0.15) is 0 Å². The van der Waals surface area contributed by atoms with Crippen molar-refractivity contribution in [3.05, 3.63) is 27.7 Å². The molecule has 0 bridgehead atoms. The van der Waals surface area contributed by atoms with Gasteiger partial charge in [-0.2, -0.15) is 0 Å². The Kier molecular flexibility index (Phi) is 6.74. The third-order valence-corrected chi connectivity index (χ3v) is 4.61. The monoisotopic (exact) mass is 373 g/mol. The number of hydrogen-bond donors (Lipinski definition) is 1. The van der Waals surface area contributed by atoms with Crippen LogP contribution in [0.5, 0.6) is 0 Å². The second kappa shape index (κ2) is 7.65. The Morgan fingerprint density at radius 3 is 2.52 bits per heavy atom. The molecule has 21 heavy (non-hydrogen) atoms. The van der Waals surface area contributed by atoms with E-state index in [0.717, 1.165) is 12.1 Å². The number of rotatable bonds is 6. The number of hydrogen-bond acceptors (Lipinski definition) is 4. The van der Waals surface area contributed by atoms with Crippen LogP contribution in [-0.2, 0) is 13.8 Å². The van der Waals surface area contributed by atoms with Crippen LogP contribution in [0.1, 0.15) is 24.2 Å². The van der Waals surface area contributed by atoms with Crippen LogP contribution in [0, 0.1) is 0 Å². The van der Waals surface area contributed by atoms with E-state index in [4.69, 9.17) is 38.6 Å². The van der Waals surface area contributed by atoms with Crippen LogP contribution in [0.2, 0.25) is 10.0 Å². The number of amides is 1. The average molecular weight is 375 g/mol. The fourth-order valence-electron chi connectivity index (χ4n) is 1.51. The first-order valence-electron chi connectivity index (χ1n) is 5.99. The molecule has 0 aliphatic heterocycles. The van der Waals surface area contributed by atoms with Crippen LogP contribution in [0.25, 0.3) is 0 Å². The van der Waals surface area contributed by atoms with Crippen LogP contribution in [-0.4, -0.2) is 33.6 Å². The molecule has 0 aliphatic carbocycles. The molecule has 118 valence electrons. The molecule has 0 spiro atoms. The highest BCUT2D eigenvalue weighted by Gasteiger charge is 2.20. The highest BCUT2D eigenvalue weighted by atomic mass is 35.7. The first-order chi connectivity index (χ1) is 9.66. The highest BCUT2D eigenvalue weighted by molar-refractivity contribution is 8.13. The molecule has 0 aromatic heterocycles. The number of carbonyl (C=O) groups is 1. The zero-order valence-corrected chi connectivity index (χ0v) is 14.4. The Hall–Kier alpha value is -0.530. The van der Waals surface area contributed by atoms with E-state index in [-0.39, 0.29) is 26.5 Å². The minimum absolute atomic E-state index is 0.0400. The summed E-state index contributed by atoms with van der Waals surface area (Å²) in [4.78, 5) is 11.8. The van der Waals surface area contributed by atoms with E-state index < -0.39 is 15.0 Å². The second-order valence-corrected chi connectivity index (χ2v) is 7.59. The van der Waals surface area contributed by atoms with Gasteiger partial charge in [-0.3, -0.25) is 4.79 Å². The van der Waals surface area contributed by atoms with Gasteiger partial charge >= 0.3 is 0 Å². The zero-order chi connectivity index (χ0) is 16.2. The predicted octanol–water partition coefficient (Wildman–Crippen LogP) is 3.08. The summed E-state index contributed by atoms with van der Waals surface area (Å²) in [5.41, 5.74) is -0.0632. The van der Waals surface area contributed by atoms with E-state index in [1.54, 1.807) is 6.92 Å². The van der Waals surface area contributed by atoms with Crippen molar-refractivity contribution >= 4 is 48.8 Å². The molecule has 1 rings (SSSR count). The van der Waals surface area contributed by atoms with Crippen molar-refractivity contribution in [1.29, 1.82) is 0 Å². The molecular formula is C12H14Cl3NO4S. The standard InChI is InChI=1S/C12H14Cl3NO4S/c1-3-20-6-7(2)16-12(17)9-4-8(21(15,18)19)5-10(13)11(9)14/h4-5,7H,3,6H2,1-2H3,(H,16,17). The third kappa shape index (κ3) is 5.30. The summed E-state index contributed by atoms with van der Waals surface area (Å²) in [6.45, 7) is 4.42. The van der Waals surface area contributed by atoms with Crippen LogP contribution in [0.4, 0.5) is 0 Å². The molecule has 0 aliphatic rings. The summed E-state index contributed by atoms with van der Waals surface area (Å²) in [6.07, 6.45) is 0. The number of benzene rings is 1. The third-order valence-electron chi connectivity index (χ3n) is 2.48. The summed E-state index contributed by atoms with van der Waals surface area (Å²) in [6, 6.07) is 1.90. The fourth-order valence-corrected chi connectivity index (χ4v) is 2.77. The van der Waals surface area contributed by atoms with E-state index in [9.17, 15) is 13.2 Å². The van der Waals surface area contributed by atoms with Crippen LogP contribution in [0.3, 0.4) is 0 Å². The Balaban J connectivity index is 3.06. The fraction of sp³-hybridized carbons (Fsp3) is 0.417. The summed E-state index contributed by atoms with van der Waals surface area (Å²) in [5, 5.41) is 2.52. The van der Waals surface area contributed by atoms with Gasteiger partial charge < -0.3 is 10.1 Å². The van der Waals surface area contributed by atoms with E-state index in [0.29, 0.717) is 13.2 Å². The zero-order valence-electron chi connectivity index (χ0n) is 11.3. The maximum Gasteiger partial charge on any atom is 0.261 e. The Morgan fingerprint density at radius 2 is 2.00 bits per heavy atom. The molecule has 9 heteroatoms. The molecule has 0 saturated heterocycles. The first kappa shape index (κ1) is 18.5. The molecule has 1 aromatic rings. The van der Waals surface area contributed by atoms with Crippen molar-refractivity contribution in [3.63, 3.8) is 0 Å². The van der Waals surface area contributed by atoms with Crippen molar-refractivity contribution < 1.29 is 17.9 Å². The van der Waals surface area contributed by atoms with Crippen LogP contribution >= 0.6 is 33.9 Å². The van der Waals surface area contributed by atoms with Gasteiger partial charge in [0.25, 0.3) is 15.0 Å². The van der Waals surface area contributed by atoms with Gasteiger partial charge in [-0.05, 0) is 26.0 Å². The predicted molar refractivity (Wildman–Crippen MR) is 82.9 cm³/mol.